The highest BCUT2D eigenvalue weighted by Gasteiger charge is 2.27. The van der Waals surface area contributed by atoms with Crippen LogP contribution in [-0.2, 0) is 11.2 Å². The number of aromatic nitrogens is 4. The molecule has 3 heterocycles. The van der Waals surface area contributed by atoms with Gasteiger partial charge in [0, 0.05) is 42.8 Å². The third-order valence-electron chi connectivity index (χ3n) is 4.59. The lowest BCUT2D eigenvalue weighted by molar-refractivity contribution is -0.132. The highest BCUT2D eigenvalue weighted by molar-refractivity contribution is 5.85. The van der Waals surface area contributed by atoms with Gasteiger partial charge in [0.25, 0.3) is 5.56 Å². The Bertz CT molecular complexity index is 820. The summed E-state index contributed by atoms with van der Waals surface area (Å²) >= 11 is 0. The van der Waals surface area contributed by atoms with Crippen molar-refractivity contribution in [1.82, 2.24) is 30.2 Å². The van der Waals surface area contributed by atoms with Gasteiger partial charge in [0.2, 0.25) is 5.91 Å². The van der Waals surface area contributed by atoms with Crippen LogP contribution >= 0.6 is 12.4 Å². The number of rotatable bonds is 6. The molecule has 0 radical (unpaired) electrons. The van der Waals surface area contributed by atoms with Crippen molar-refractivity contribution in [2.24, 2.45) is 0 Å². The van der Waals surface area contributed by atoms with Gasteiger partial charge in [-0.15, -0.1) is 12.4 Å². The van der Waals surface area contributed by atoms with E-state index in [0.29, 0.717) is 29.5 Å². The van der Waals surface area contributed by atoms with Crippen LogP contribution in [0.15, 0.2) is 23.3 Å². The number of aromatic amines is 1. The summed E-state index contributed by atoms with van der Waals surface area (Å²) in [5.74, 6) is 0.643. The van der Waals surface area contributed by atoms with Gasteiger partial charge in [0.15, 0.2) is 11.6 Å². The van der Waals surface area contributed by atoms with E-state index < -0.39 is 0 Å². The van der Waals surface area contributed by atoms with Crippen LogP contribution in [0, 0.1) is 6.92 Å². The Morgan fingerprint density at radius 2 is 2.07 bits per heavy atom. The maximum Gasteiger partial charge on any atom is 0.255 e. The van der Waals surface area contributed by atoms with E-state index in [4.69, 9.17) is 0 Å². The second-order valence-electron chi connectivity index (χ2n) is 6.46. The van der Waals surface area contributed by atoms with Crippen molar-refractivity contribution in [1.29, 1.82) is 0 Å². The maximum absolute atomic E-state index is 12.8. The monoisotopic (exact) mass is 392 g/mol. The maximum atomic E-state index is 12.8. The molecule has 1 unspecified atom stereocenters. The predicted octanol–water partition coefficient (Wildman–Crippen LogP) is 1.10. The molecule has 3 rings (SSSR count). The Hall–Kier alpha value is -2.32. The van der Waals surface area contributed by atoms with E-state index in [-0.39, 0.29) is 36.3 Å². The van der Waals surface area contributed by atoms with Crippen molar-refractivity contribution in [3.05, 3.63) is 40.1 Å². The zero-order chi connectivity index (χ0) is 18.5. The minimum atomic E-state index is -0.311. The third-order valence-corrected chi connectivity index (χ3v) is 4.59. The van der Waals surface area contributed by atoms with E-state index >= 15 is 0 Å². The topological polar surface area (TPSA) is 104 Å². The molecule has 1 saturated heterocycles. The smallest absolute Gasteiger partial charge is 0.255 e. The lowest BCUT2D eigenvalue weighted by Gasteiger charge is -2.28. The van der Waals surface area contributed by atoms with E-state index in [1.54, 1.807) is 25.4 Å². The summed E-state index contributed by atoms with van der Waals surface area (Å²) in [6.07, 6.45) is 5.07. The van der Waals surface area contributed by atoms with Gasteiger partial charge in [-0.3, -0.25) is 9.59 Å². The normalized spacial score (nSPS) is 16.0. The largest absolute Gasteiger partial charge is 0.338 e. The molecule has 2 N–H and O–H groups in total. The average molecular weight is 393 g/mol. The summed E-state index contributed by atoms with van der Waals surface area (Å²) in [6.45, 7) is 6.22. The summed E-state index contributed by atoms with van der Waals surface area (Å²) < 4.78 is 0. The summed E-state index contributed by atoms with van der Waals surface area (Å²) in [7, 11) is 0. The minimum Gasteiger partial charge on any atom is -0.338 e. The molecule has 8 nitrogen and oxygen atoms in total. The Balaban J connectivity index is 0.00000261. The van der Waals surface area contributed by atoms with E-state index in [1.807, 2.05) is 4.90 Å². The molecule has 0 spiro atoms. The zero-order valence-electron chi connectivity index (χ0n) is 15.6. The van der Waals surface area contributed by atoms with E-state index in [1.165, 1.54) is 0 Å². The van der Waals surface area contributed by atoms with Crippen LogP contribution in [0.1, 0.15) is 31.0 Å². The van der Waals surface area contributed by atoms with Crippen molar-refractivity contribution in [2.75, 3.05) is 19.6 Å². The second-order valence-corrected chi connectivity index (χ2v) is 6.46. The summed E-state index contributed by atoms with van der Waals surface area (Å²) in [6, 6.07) is 1.90. The van der Waals surface area contributed by atoms with E-state index in [9.17, 15) is 9.59 Å². The number of hydrogen-bond acceptors (Lipinski definition) is 6. The van der Waals surface area contributed by atoms with Gasteiger partial charge in [-0.2, -0.15) is 0 Å². The molecule has 27 heavy (non-hydrogen) atoms. The second kappa shape index (κ2) is 9.57. The van der Waals surface area contributed by atoms with Crippen LogP contribution in [0.25, 0.3) is 11.6 Å². The number of nitrogens with zero attached hydrogens (tertiary/aromatic N) is 4. The Morgan fingerprint density at radius 3 is 2.67 bits per heavy atom. The van der Waals surface area contributed by atoms with Crippen molar-refractivity contribution in [2.45, 2.75) is 39.2 Å². The highest BCUT2D eigenvalue weighted by Crippen LogP contribution is 2.13. The van der Waals surface area contributed by atoms with Gasteiger partial charge in [0.1, 0.15) is 0 Å². The van der Waals surface area contributed by atoms with Gasteiger partial charge < -0.3 is 15.2 Å². The Morgan fingerprint density at radius 1 is 1.33 bits per heavy atom. The van der Waals surface area contributed by atoms with Crippen LogP contribution in [0.5, 0.6) is 0 Å². The molecule has 1 aliphatic rings. The van der Waals surface area contributed by atoms with Crippen molar-refractivity contribution in [3.8, 4) is 11.6 Å². The van der Waals surface area contributed by atoms with Gasteiger partial charge >= 0.3 is 0 Å². The molecule has 0 bridgehead atoms. The van der Waals surface area contributed by atoms with Crippen LogP contribution < -0.4 is 10.9 Å². The van der Waals surface area contributed by atoms with Crippen LogP contribution in [0.4, 0.5) is 0 Å². The highest BCUT2D eigenvalue weighted by atomic mass is 35.5. The number of carbonyl (C=O) groups is 1. The number of nitrogens with one attached hydrogen (secondary N) is 2. The Kier molecular flexibility index (Phi) is 7.44. The number of hydrogen-bond donors (Lipinski definition) is 2. The molecule has 2 aromatic heterocycles. The molecule has 1 fully saturated rings. The number of halogens is 1. The SMILES string of the molecule is CCCN(C(=O)Cc1c(C)nc(-c2ncccn2)[nH]c1=O)C1CCNC1.Cl. The lowest BCUT2D eigenvalue weighted by Crippen LogP contribution is -2.43. The fourth-order valence-corrected chi connectivity index (χ4v) is 3.26. The predicted molar refractivity (Wildman–Crippen MR) is 105 cm³/mol. The molecule has 2 aromatic rings. The standard InChI is InChI=1S/C18H24N6O2.ClH/c1-3-9-24(13-5-8-19-11-13)15(25)10-14-12(2)22-17(23-18(14)26)16-20-6-4-7-21-16;/h4,6-7,13,19H,3,5,8-11H2,1-2H3,(H,22,23,26);1H. The van der Waals surface area contributed by atoms with Gasteiger partial charge in [-0.1, -0.05) is 6.92 Å². The van der Waals surface area contributed by atoms with Gasteiger partial charge in [-0.25, -0.2) is 15.0 Å². The number of aryl methyl sites for hydroxylation is 1. The van der Waals surface area contributed by atoms with Crippen molar-refractivity contribution in [3.63, 3.8) is 0 Å². The van der Waals surface area contributed by atoms with Crippen LogP contribution in [0.3, 0.4) is 0 Å². The van der Waals surface area contributed by atoms with Gasteiger partial charge in [-0.05, 0) is 32.4 Å². The first-order valence-electron chi connectivity index (χ1n) is 8.97. The van der Waals surface area contributed by atoms with Crippen LogP contribution in [0.2, 0.25) is 0 Å². The molecule has 1 atom stereocenters. The quantitative estimate of drug-likeness (QED) is 0.762. The molecular weight excluding hydrogens is 368 g/mol. The summed E-state index contributed by atoms with van der Waals surface area (Å²) in [4.78, 5) is 42.6. The first-order chi connectivity index (χ1) is 12.6. The summed E-state index contributed by atoms with van der Waals surface area (Å²) in [5, 5.41) is 3.29. The first kappa shape index (κ1) is 21.0. The molecule has 0 saturated carbocycles. The first-order valence-corrected chi connectivity index (χ1v) is 8.97. The fraction of sp³-hybridized carbons (Fsp3) is 0.500. The molecule has 1 amide bonds. The fourth-order valence-electron chi connectivity index (χ4n) is 3.26. The lowest BCUT2D eigenvalue weighted by atomic mass is 10.1. The number of amides is 1. The molecule has 1 aliphatic heterocycles. The molecular formula is C18H25ClN6O2. The van der Waals surface area contributed by atoms with Crippen molar-refractivity contribution >= 4 is 18.3 Å². The Labute approximate surface area is 164 Å². The summed E-state index contributed by atoms with van der Waals surface area (Å²) in [5.41, 5.74) is 0.626. The zero-order valence-corrected chi connectivity index (χ0v) is 16.4. The minimum absolute atomic E-state index is 0. The molecule has 0 aromatic carbocycles. The van der Waals surface area contributed by atoms with Gasteiger partial charge in [0.05, 0.1) is 6.42 Å². The van der Waals surface area contributed by atoms with E-state index in [0.717, 1.165) is 25.9 Å². The number of carbonyl (C=O) groups excluding carboxylic acids is 1. The molecule has 9 heteroatoms. The third kappa shape index (κ3) is 4.90. The van der Waals surface area contributed by atoms with E-state index in [2.05, 4.69) is 32.2 Å². The average Bonchev–Trinajstić information content (AvgIpc) is 3.17. The molecule has 0 aliphatic carbocycles. The number of H-pyrrole nitrogens is 1. The molecule has 146 valence electrons. The van der Waals surface area contributed by atoms with Crippen LogP contribution in [-0.4, -0.2) is 56.4 Å². The van der Waals surface area contributed by atoms with Crippen molar-refractivity contribution < 1.29 is 4.79 Å².